The molecule has 2 fully saturated rings. The molecule has 0 saturated carbocycles. The van der Waals surface area contributed by atoms with Crippen LogP contribution >= 0.6 is 0 Å². The second-order valence-electron chi connectivity index (χ2n) is 11.8. The number of aryl methyl sites for hydroxylation is 1. The zero-order valence-electron chi connectivity index (χ0n) is 22.4. The van der Waals surface area contributed by atoms with E-state index in [2.05, 4.69) is 53.4 Å². The Morgan fingerprint density at radius 2 is 1.76 bits per heavy atom. The zero-order chi connectivity index (χ0) is 24.8. The minimum atomic E-state index is -0.206. The molecule has 2 aromatic rings. The quantitative estimate of drug-likeness (QED) is 0.656. The Morgan fingerprint density at radius 3 is 2.32 bits per heavy atom. The zero-order valence-corrected chi connectivity index (χ0v) is 22.4. The third-order valence-electron chi connectivity index (χ3n) is 7.20. The lowest BCUT2D eigenvalue weighted by molar-refractivity contribution is -0.0728. The van der Waals surface area contributed by atoms with Gasteiger partial charge in [0, 0.05) is 38.4 Å². The summed E-state index contributed by atoms with van der Waals surface area (Å²) in [5, 5.41) is 5.71. The molecule has 7 nitrogen and oxygen atoms in total. The van der Waals surface area contributed by atoms with E-state index in [0.29, 0.717) is 18.1 Å². The number of pyridine rings is 1. The number of aromatic nitrogens is 3. The summed E-state index contributed by atoms with van der Waals surface area (Å²) in [5.41, 5.74) is 3.21. The lowest BCUT2D eigenvalue weighted by Crippen LogP contribution is -2.48. The Balaban J connectivity index is 1.54. The number of carbonyl (C=O) groups excluding carboxylic acids is 1. The molecular formula is C27H43N5O2. The molecule has 7 heteroatoms. The number of hydrogen-bond donors (Lipinski definition) is 0. The van der Waals surface area contributed by atoms with Crippen molar-refractivity contribution in [3.63, 3.8) is 0 Å². The third-order valence-corrected chi connectivity index (χ3v) is 7.20. The van der Waals surface area contributed by atoms with Gasteiger partial charge in [0.15, 0.2) is 5.65 Å². The first kappa shape index (κ1) is 25.1. The largest absolute Gasteiger partial charge is 0.373 e. The molecule has 188 valence electrons. The van der Waals surface area contributed by atoms with Gasteiger partial charge in [-0.1, -0.05) is 13.8 Å². The van der Waals surface area contributed by atoms with Crippen molar-refractivity contribution < 1.29 is 9.53 Å². The molecule has 4 rings (SSSR count). The molecule has 34 heavy (non-hydrogen) atoms. The summed E-state index contributed by atoms with van der Waals surface area (Å²) in [6, 6.07) is 2.01. The van der Waals surface area contributed by atoms with Crippen molar-refractivity contribution in [3.05, 3.63) is 23.0 Å². The standard InChI is InChI=1S/C27H43N5O2/c1-17(2)23-13-22(24-20(5)29-32(25(24)28-23)27(6,7)8)26(33)31-11-9-21(10-12-31)16-30-14-18(3)34-19(4)15-30/h13,17-19,21H,9-12,14-16H2,1-8H3. The molecule has 0 aromatic carbocycles. The molecule has 2 atom stereocenters. The number of likely N-dealkylation sites (tertiary alicyclic amines) is 1. The minimum absolute atomic E-state index is 0.123. The second kappa shape index (κ2) is 9.57. The number of amides is 1. The van der Waals surface area contributed by atoms with E-state index >= 15 is 0 Å². The summed E-state index contributed by atoms with van der Waals surface area (Å²) in [6.45, 7) is 21.7. The lowest BCUT2D eigenvalue weighted by atomic mass is 9.94. The third kappa shape index (κ3) is 5.15. The van der Waals surface area contributed by atoms with Crippen molar-refractivity contribution in [2.45, 2.75) is 91.9 Å². The SMILES string of the molecule is Cc1nn(C(C)(C)C)c2nc(C(C)C)cc(C(=O)N3CCC(CN4CC(C)OC(C)C4)CC3)c12. The van der Waals surface area contributed by atoms with Gasteiger partial charge in [0.1, 0.15) is 0 Å². The fraction of sp³-hybridized carbons (Fsp3) is 0.741. The predicted octanol–water partition coefficient (Wildman–Crippen LogP) is 4.58. The first-order chi connectivity index (χ1) is 15.9. The van der Waals surface area contributed by atoms with E-state index in [9.17, 15) is 4.79 Å². The van der Waals surface area contributed by atoms with Crippen molar-refractivity contribution in [2.75, 3.05) is 32.7 Å². The smallest absolute Gasteiger partial charge is 0.254 e. The number of nitrogens with zero attached hydrogens (tertiary/aromatic N) is 5. The van der Waals surface area contributed by atoms with Crippen molar-refractivity contribution >= 4 is 16.9 Å². The normalized spacial score (nSPS) is 23.3. The molecular weight excluding hydrogens is 426 g/mol. The van der Waals surface area contributed by atoms with E-state index in [1.807, 2.05) is 22.6 Å². The molecule has 2 saturated heterocycles. The first-order valence-corrected chi connectivity index (χ1v) is 13.0. The fourth-order valence-electron chi connectivity index (χ4n) is 5.53. The van der Waals surface area contributed by atoms with Crippen LogP contribution in [0.4, 0.5) is 0 Å². The van der Waals surface area contributed by atoms with E-state index < -0.39 is 0 Å². The summed E-state index contributed by atoms with van der Waals surface area (Å²) in [5.74, 6) is 0.997. The Morgan fingerprint density at radius 1 is 1.15 bits per heavy atom. The van der Waals surface area contributed by atoms with Gasteiger partial charge >= 0.3 is 0 Å². The van der Waals surface area contributed by atoms with E-state index in [0.717, 1.165) is 73.6 Å². The Kier molecular flexibility index (Phi) is 7.07. The molecule has 2 unspecified atom stereocenters. The van der Waals surface area contributed by atoms with Gasteiger partial charge in [0.05, 0.1) is 34.4 Å². The van der Waals surface area contributed by atoms with Crippen LogP contribution in [0.3, 0.4) is 0 Å². The highest BCUT2D eigenvalue weighted by atomic mass is 16.5. The van der Waals surface area contributed by atoms with Crippen LogP contribution in [0.25, 0.3) is 11.0 Å². The number of piperidine rings is 1. The van der Waals surface area contributed by atoms with Gasteiger partial charge in [-0.3, -0.25) is 9.69 Å². The van der Waals surface area contributed by atoms with Crippen LogP contribution in [0.5, 0.6) is 0 Å². The number of morpholine rings is 1. The van der Waals surface area contributed by atoms with Crippen molar-refractivity contribution in [2.24, 2.45) is 5.92 Å². The molecule has 2 aliphatic rings. The van der Waals surface area contributed by atoms with Gasteiger partial charge in [0.2, 0.25) is 0 Å². The summed E-state index contributed by atoms with van der Waals surface area (Å²) in [4.78, 5) is 23.4. The van der Waals surface area contributed by atoms with Gasteiger partial charge in [-0.25, -0.2) is 9.67 Å². The van der Waals surface area contributed by atoms with Crippen LogP contribution in [-0.4, -0.2) is 75.4 Å². The second-order valence-corrected chi connectivity index (χ2v) is 11.8. The number of rotatable bonds is 4. The summed E-state index contributed by atoms with van der Waals surface area (Å²) in [7, 11) is 0. The van der Waals surface area contributed by atoms with Crippen molar-refractivity contribution in [1.82, 2.24) is 24.6 Å². The van der Waals surface area contributed by atoms with Gasteiger partial charge in [-0.05, 0) is 72.3 Å². The predicted molar refractivity (Wildman–Crippen MR) is 136 cm³/mol. The van der Waals surface area contributed by atoms with E-state index in [4.69, 9.17) is 14.8 Å². The molecule has 4 heterocycles. The Labute approximate surface area is 204 Å². The summed E-state index contributed by atoms with van der Waals surface area (Å²) >= 11 is 0. The highest BCUT2D eigenvalue weighted by molar-refractivity contribution is 6.06. The van der Waals surface area contributed by atoms with Crippen LogP contribution in [-0.2, 0) is 10.3 Å². The van der Waals surface area contributed by atoms with E-state index in [1.54, 1.807) is 0 Å². The molecule has 0 radical (unpaired) electrons. The summed E-state index contributed by atoms with van der Waals surface area (Å²) in [6.07, 6.45) is 2.70. The van der Waals surface area contributed by atoms with E-state index in [-0.39, 0.29) is 17.4 Å². The van der Waals surface area contributed by atoms with Crippen LogP contribution in [0.2, 0.25) is 0 Å². The van der Waals surface area contributed by atoms with Crippen LogP contribution in [0.1, 0.15) is 89.0 Å². The number of carbonyl (C=O) groups is 1. The fourth-order valence-corrected chi connectivity index (χ4v) is 5.53. The Hall–Kier alpha value is -1.99. The maximum Gasteiger partial charge on any atom is 0.254 e. The molecule has 2 aliphatic heterocycles. The average Bonchev–Trinajstić information content (AvgIpc) is 3.09. The molecule has 0 spiro atoms. The topological polar surface area (TPSA) is 63.5 Å². The van der Waals surface area contributed by atoms with Crippen LogP contribution in [0, 0.1) is 12.8 Å². The minimum Gasteiger partial charge on any atom is -0.373 e. The number of hydrogen-bond acceptors (Lipinski definition) is 5. The number of fused-ring (bicyclic) bond motifs is 1. The molecule has 0 bridgehead atoms. The van der Waals surface area contributed by atoms with E-state index in [1.165, 1.54) is 0 Å². The average molecular weight is 470 g/mol. The van der Waals surface area contributed by atoms with Gasteiger partial charge in [-0.2, -0.15) is 5.10 Å². The van der Waals surface area contributed by atoms with Crippen molar-refractivity contribution in [1.29, 1.82) is 0 Å². The highest BCUT2D eigenvalue weighted by Gasteiger charge is 2.31. The van der Waals surface area contributed by atoms with Crippen LogP contribution < -0.4 is 0 Å². The molecule has 0 N–H and O–H groups in total. The van der Waals surface area contributed by atoms with Crippen LogP contribution in [0.15, 0.2) is 6.07 Å². The lowest BCUT2D eigenvalue weighted by Gasteiger charge is -2.39. The monoisotopic (exact) mass is 469 g/mol. The molecule has 1 amide bonds. The number of ether oxygens (including phenoxy) is 1. The molecule has 0 aliphatic carbocycles. The maximum absolute atomic E-state index is 13.8. The van der Waals surface area contributed by atoms with Gasteiger partial charge in [0.25, 0.3) is 5.91 Å². The van der Waals surface area contributed by atoms with Gasteiger partial charge in [-0.15, -0.1) is 0 Å². The Bertz CT molecular complexity index is 1020. The highest BCUT2D eigenvalue weighted by Crippen LogP contribution is 2.31. The maximum atomic E-state index is 13.8. The first-order valence-electron chi connectivity index (χ1n) is 13.0. The van der Waals surface area contributed by atoms with Crippen molar-refractivity contribution in [3.8, 4) is 0 Å². The molecule has 2 aromatic heterocycles. The van der Waals surface area contributed by atoms with Gasteiger partial charge < -0.3 is 9.64 Å². The summed E-state index contributed by atoms with van der Waals surface area (Å²) < 4.78 is 7.87.